The van der Waals surface area contributed by atoms with Crippen molar-refractivity contribution >= 4 is 11.9 Å². The summed E-state index contributed by atoms with van der Waals surface area (Å²) in [4.78, 5) is 10.0. The molecule has 1 atom stereocenters. The second-order valence-electron chi connectivity index (χ2n) is 6.19. The molecular weight excluding hydrogens is 403 g/mol. The van der Waals surface area contributed by atoms with Gasteiger partial charge in [-0.2, -0.15) is 4.99 Å². The van der Waals surface area contributed by atoms with Crippen LogP contribution in [0, 0.1) is 0 Å². The number of quaternary nitrogens is 1. The summed E-state index contributed by atoms with van der Waals surface area (Å²) in [5.41, 5.74) is 12.8. The number of nitrogens with zero attached hydrogens (tertiary/aromatic N) is 4. The fraction of sp³-hybridized carbons (Fsp3) is 0.500. The van der Waals surface area contributed by atoms with Gasteiger partial charge in [0.05, 0.1) is 27.2 Å². The van der Waals surface area contributed by atoms with Crippen molar-refractivity contribution in [3.05, 3.63) is 35.9 Å². The summed E-state index contributed by atoms with van der Waals surface area (Å²) in [6, 6.07) is 10.9. The third-order valence-corrected chi connectivity index (χ3v) is 3.97. The molecule has 0 aliphatic heterocycles. The van der Waals surface area contributed by atoms with Crippen LogP contribution in [0.4, 0.5) is 0 Å². The Morgan fingerprint density at radius 1 is 1.17 bits per heavy atom. The molecule has 6 nitrogen and oxygen atoms in total. The lowest BCUT2D eigenvalue weighted by atomic mass is 10.1. The summed E-state index contributed by atoms with van der Waals surface area (Å²) >= 11 is 0. The van der Waals surface area contributed by atoms with Crippen molar-refractivity contribution < 1.29 is 28.5 Å². The Labute approximate surface area is 156 Å². The van der Waals surface area contributed by atoms with Crippen molar-refractivity contribution in [2.24, 2.45) is 21.5 Å². The van der Waals surface area contributed by atoms with Crippen LogP contribution < -0.4 is 35.4 Å². The van der Waals surface area contributed by atoms with Crippen molar-refractivity contribution in [3.8, 4) is 0 Å². The van der Waals surface area contributed by atoms with Crippen molar-refractivity contribution in [1.29, 1.82) is 0 Å². The van der Waals surface area contributed by atoms with Crippen molar-refractivity contribution in [2.75, 3.05) is 41.3 Å². The van der Waals surface area contributed by atoms with Crippen molar-refractivity contribution in [1.82, 2.24) is 4.90 Å². The molecular formula is C16H29IN6. The fourth-order valence-electron chi connectivity index (χ4n) is 2.00. The highest BCUT2D eigenvalue weighted by molar-refractivity contribution is 5.93. The van der Waals surface area contributed by atoms with E-state index in [9.17, 15) is 0 Å². The second-order valence-corrected chi connectivity index (χ2v) is 6.19. The van der Waals surface area contributed by atoms with E-state index in [0.29, 0.717) is 18.5 Å². The standard InChI is InChI=1S/C16H29N6.HI/c1-13(14-9-7-6-8-10-14)22(4,5)12-11-19-15(17)20-16(18)21(2)3;/h6-10,13H,11-12H2,1-5H3,(H4,17,18,19,20);1H/q+1;/p-1. The first-order valence-electron chi connectivity index (χ1n) is 7.43. The third kappa shape index (κ3) is 7.17. The van der Waals surface area contributed by atoms with Gasteiger partial charge < -0.3 is 44.8 Å². The summed E-state index contributed by atoms with van der Waals surface area (Å²) in [7, 11) is 8.02. The Morgan fingerprint density at radius 2 is 1.74 bits per heavy atom. The minimum absolute atomic E-state index is 0. The normalized spacial score (nSPS) is 14.1. The van der Waals surface area contributed by atoms with Crippen LogP contribution in [0.15, 0.2) is 40.3 Å². The molecule has 1 rings (SSSR count). The summed E-state index contributed by atoms with van der Waals surface area (Å²) in [5, 5.41) is 0. The molecule has 7 heteroatoms. The highest BCUT2D eigenvalue weighted by Gasteiger charge is 2.24. The topological polar surface area (TPSA) is 80.0 Å². The second kappa shape index (κ2) is 9.71. The molecule has 0 fully saturated rings. The molecule has 1 unspecified atom stereocenters. The minimum Gasteiger partial charge on any atom is -1.00 e. The molecule has 0 aliphatic rings. The van der Waals surface area contributed by atoms with Gasteiger partial charge in [0, 0.05) is 19.7 Å². The maximum Gasteiger partial charge on any atom is 0.218 e. The molecule has 4 N–H and O–H groups in total. The Hall–Kier alpha value is -1.35. The van der Waals surface area contributed by atoms with Gasteiger partial charge in [0.15, 0.2) is 5.96 Å². The van der Waals surface area contributed by atoms with E-state index < -0.39 is 0 Å². The van der Waals surface area contributed by atoms with Crippen molar-refractivity contribution in [3.63, 3.8) is 0 Å². The Bertz CT molecular complexity index is 525. The smallest absolute Gasteiger partial charge is 0.218 e. The molecule has 0 saturated heterocycles. The summed E-state index contributed by atoms with van der Waals surface area (Å²) in [5.74, 6) is 0.575. The third-order valence-electron chi connectivity index (χ3n) is 3.97. The average Bonchev–Trinajstić information content (AvgIpc) is 2.46. The number of nitrogens with two attached hydrogens (primary N) is 2. The van der Waals surface area contributed by atoms with Crippen LogP contribution in [0.2, 0.25) is 0 Å². The van der Waals surface area contributed by atoms with Gasteiger partial charge in [-0.15, -0.1) is 0 Å². The fourth-order valence-corrected chi connectivity index (χ4v) is 2.00. The summed E-state index contributed by atoms with van der Waals surface area (Å²) < 4.78 is 0.827. The van der Waals surface area contributed by atoms with Gasteiger partial charge >= 0.3 is 0 Å². The molecule has 0 spiro atoms. The lowest BCUT2D eigenvalue weighted by molar-refractivity contribution is -0.917. The number of guanidine groups is 2. The first-order chi connectivity index (χ1) is 10.2. The number of aliphatic imine (C=N–C) groups is 2. The maximum absolute atomic E-state index is 5.78. The first kappa shape index (κ1) is 21.6. The highest BCUT2D eigenvalue weighted by Crippen LogP contribution is 2.23. The van der Waals surface area contributed by atoms with Gasteiger partial charge in [-0.1, -0.05) is 30.3 Å². The Balaban J connectivity index is 0.00000484. The predicted octanol–water partition coefficient (Wildman–Crippen LogP) is -1.98. The molecule has 0 heterocycles. The van der Waals surface area contributed by atoms with Crippen LogP contribution >= 0.6 is 0 Å². The monoisotopic (exact) mass is 432 g/mol. The summed E-state index contributed by atoms with van der Waals surface area (Å²) in [6.45, 7) is 3.71. The molecule has 23 heavy (non-hydrogen) atoms. The van der Waals surface area contributed by atoms with Crippen LogP contribution in [0.5, 0.6) is 0 Å². The Morgan fingerprint density at radius 3 is 2.26 bits per heavy atom. The van der Waals surface area contributed by atoms with Gasteiger partial charge in [-0.3, -0.25) is 0 Å². The van der Waals surface area contributed by atoms with Crippen molar-refractivity contribution in [2.45, 2.75) is 13.0 Å². The predicted molar refractivity (Wildman–Crippen MR) is 93.6 cm³/mol. The molecule has 0 radical (unpaired) electrons. The molecule has 0 aliphatic carbocycles. The summed E-state index contributed by atoms with van der Waals surface area (Å²) in [6.07, 6.45) is 0. The molecule has 0 amide bonds. The number of halogens is 1. The quantitative estimate of drug-likeness (QED) is 0.245. The molecule has 0 saturated carbocycles. The zero-order valence-electron chi connectivity index (χ0n) is 14.7. The van der Waals surface area contributed by atoms with E-state index in [1.807, 2.05) is 20.2 Å². The van der Waals surface area contributed by atoms with Gasteiger partial charge in [-0.25, -0.2) is 4.99 Å². The molecule has 0 aromatic heterocycles. The number of rotatable bonds is 5. The van der Waals surface area contributed by atoms with Gasteiger partial charge in [-0.05, 0) is 6.92 Å². The van der Waals surface area contributed by atoms with E-state index in [1.165, 1.54) is 5.56 Å². The number of likely N-dealkylation sites (N-methyl/N-ethyl adjacent to an activating group) is 1. The molecule has 130 valence electrons. The molecule has 1 aromatic carbocycles. The average molecular weight is 432 g/mol. The highest BCUT2D eigenvalue weighted by atomic mass is 127. The van der Waals surface area contributed by atoms with Crippen LogP contribution in [0.3, 0.4) is 0 Å². The number of benzene rings is 1. The lowest BCUT2D eigenvalue weighted by Crippen LogP contribution is -3.00. The van der Waals surface area contributed by atoms with Crippen LogP contribution in [0.1, 0.15) is 18.5 Å². The van der Waals surface area contributed by atoms with Gasteiger partial charge in [0.2, 0.25) is 5.96 Å². The SMILES string of the molecule is CC(c1ccccc1)[N+](C)(C)CCN=C(N)N=C(N)N(C)C.[I-]. The maximum atomic E-state index is 5.78. The van der Waals surface area contributed by atoms with E-state index in [0.717, 1.165) is 11.0 Å². The molecule has 0 bridgehead atoms. The van der Waals surface area contributed by atoms with E-state index in [-0.39, 0.29) is 29.9 Å². The lowest BCUT2D eigenvalue weighted by Gasteiger charge is -2.36. The van der Waals surface area contributed by atoms with E-state index >= 15 is 0 Å². The molecule has 1 aromatic rings. The zero-order valence-corrected chi connectivity index (χ0v) is 16.9. The van der Waals surface area contributed by atoms with Crippen LogP contribution in [0.25, 0.3) is 0 Å². The first-order valence-corrected chi connectivity index (χ1v) is 7.43. The van der Waals surface area contributed by atoms with Gasteiger partial charge in [0.25, 0.3) is 0 Å². The van der Waals surface area contributed by atoms with E-state index in [1.54, 1.807) is 4.90 Å². The van der Waals surface area contributed by atoms with E-state index in [4.69, 9.17) is 11.5 Å². The largest absolute Gasteiger partial charge is 1.00 e. The van der Waals surface area contributed by atoms with Gasteiger partial charge in [0.1, 0.15) is 6.04 Å². The van der Waals surface area contributed by atoms with Crippen LogP contribution in [-0.2, 0) is 0 Å². The number of hydrogen-bond donors (Lipinski definition) is 2. The minimum atomic E-state index is 0. The number of hydrogen-bond acceptors (Lipinski definition) is 1. The van der Waals surface area contributed by atoms with E-state index in [2.05, 4.69) is 55.3 Å². The Kier molecular flexibility index (Phi) is 9.14. The van der Waals surface area contributed by atoms with Crippen LogP contribution in [-0.4, -0.2) is 62.6 Å². The zero-order chi connectivity index (χ0) is 16.8.